The standard InChI is InChI=1S/C20H20N2O/c1-14-6-3-8-17(12-14)15(2)13-19(23)22-18-10-4-7-16-9-5-11-21-20(16)18/h3-12,15H,13H2,1-2H3,(H,22,23). The summed E-state index contributed by atoms with van der Waals surface area (Å²) in [6, 6.07) is 18.0. The highest BCUT2D eigenvalue weighted by atomic mass is 16.1. The fraction of sp³-hybridized carbons (Fsp3) is 0.200. The molecular weight excluding hydrogens is 284 g/mol. The molecule has 1 atom stereocenters. The molecule has 1 unspecified atom stereocenters. The van der Waals surface area contributed by atoms with Gasteiger partial charge in [0.25, 0.3) is 0 Å². The van der Waals surface area contributed by atoms with Crippen LogP contribution in [0.2, 0.25) is 0 Å². The lowest BCUT2D eigenvalue weighted by atomic mass is 9.96. The number of amides is 1. The topological polar surface area (TPSA) is 42.0 Å². The molecule has 0 spiro atoms. The van der Waals surface area contributed by atoms with Crippen molar-refractivity contribution in [2.75, 3.05) is 5.32 Å². The highest BCUT2D eigenvalue weighted by molar-refractivity contribution is 6.00. The number of carbonyl (C=O) groups excluding carboxylic acids is 1. The highest BCUT2D eigenvalue weighted by Gasteiger charge is 2.13. The smallest absolute Gasteiger partial charge is 0.225 e. The normalized spacial score (nSPS) is 12.1. The molecule has 0 saturated heterocycles. The Balaban J connectivity index is 1.74. The lowest BCUT2D eigenvalue weighted by molar-refractivity contribution is -0.116. The van der Waals surface area contributed by atoms with Crippen molar-refractivity contribution < 1.29 is 4.79 Å². The summed E-state index contributed by atoms with van der Waals surface area (Å²) in [5.74, 6) is 0.190. The van der Waals surface area contributed by atoms with Crippen LogP contribution in [0.1, 0.15) is 30.4 Å². The van der Waals surface area contributed by atoms with Crippen LogP contribution in [0.3, 0.4) is 0 Å². The minimum atomic E-state index is 0.0113. The molecule has 3 nitrogen and oxygen atoms in total. The van der Waals surface area contributed by atoms with E-state index in [4.69, 9.17) is 0 Å². The van der Waals surface area contributed by atoms with Crippen molar-refractivity contribution in [2.45, 2.75) is 26.2 Å². The van der Waals surface area contributed by atoms with E-state index in [1.54, 1.807) is 6.20 Å². The van der Waals surface area contributed by atoms with E-state index in [1.165, 1.54) is 11.1 Å². The van der Waals surface area contributed by atoms with Crippen LogP contribution in [0, 0.1) is 6.92 Å². The van der Waals surface area contributed by atoms with Crippen molar-refractivity contribution in [3.63, 3.8) is 0 Å². The number of benzene rings is 2. The van der Waals surface area contributed by atoms with E-state index in [-0.39, 0.29) is 11.8 Å². The van der Waals surface area contributed by atoms with Gasteiger partial charge in [-0.2, -0.15) is 0 Å². The molecule has 0 radical (unpaired) electrons. The number of aromatic nitrogens is 1. The molecule has 23 heavy (non-hydrogen) atoms. The lowest BCUT2D eigenvalue weighted by Gasteiger charge is -2.13. The maximum absolute atomic E-state index is 12.4. The Morgan fingerprint density at radius 2 is 1.91 bits per heavy atom. The first kappa shape index (κ1) is 15.2. The molecule has 1 N–H and O–H groups in total. The quantitative estimate of drug-likeness (QED) is 0.760. The number of nitrogens with one attached hydrogen (secondary N) is 1. The predicted molar refractivity (Wildman–Crippen MR) is 94.6 cm³/mol. The van der Waals surface area contributed by atoms with E-state index in [0.717, 1.165) is 16.6 Å². The number of anilines is 1. The summed E-state index contributed by atoms with van der Waals surface area (Å²) in [6.07, 6.45) is 2.19. The minimum absolute atomic E-state index is 0.0113. The van der Waals surface area contributed by atoms with E-state index in [9.17, 15) is 4.79 Å². The van der Waals surface area contributed by atoms with Crippen molar-refractivity contribution in [3.8, 4) is 0 Å². The van der Waals surface area contributed by atoms with Gasteiger partial charge < -0.3 is 5.32 Å². The first-order chi connectivity index (χ1) is 11.1. The van der Waals surface area contributed by atoms with Crippen molar-refractivity contribution in [1.82, 2.24) is 4.98 Å². The summed E-state index contributed by atoms with van der Waals surface area (Å²) in [5, 5.41) is 4.02. The van der Waals surface area contributed by atoms with E-state index < -0.39 is 0 Å². The number of fused-ring (bicyclic) bond motifs is 1. The summed E-state index contributed by atoms with van der Waals surface area (Å²) in [5.41, 5.74) is 4.00. The monoisotopic (exact) mass is 304 g/mol. The van der Waals surface area contributed by atoms with Gasteiger partial charge in [0.15, 0.2) is 0 Å². The number of rotatable bonds is 4. The number of para-hydroxylation sites is 1. The van der Waals surface area contributed by atoms with Gasteiger partial charge in [-0.25, -0.2) is 0 Å². The highest BCUT2D eigenvalue weighted by Crippen LogP contribution is 2.23. The Morgan fingerprint density at radius 3 is 2.74 bits per heavy atom. The van der Waals surface area contributed by atoms with Gasteiger partial charge in [0.05, 0.1) is 11.2 Å². The van der Waals surface area contributed by atoms with E-state index in [0.29, 0.717) is 6.42 Å². The molecule has 116 valence electrons. The second-order valence-corrected chi connectivity index (χ2v) is 5.95. The number of aryl methyl sites for hydroxylation is 1. The number of hydrogen-bond acceptors (Lipinski definition) is 2. The van der Waals surface area contributed by atoms with Crippen molar-refractivity contribution >= 4 is 22.5 Å². The second-order valence-electron chi connectivity index (χ2n) is 5.95. The van der Waals surface area contributed by atoms with Crippen molar-refractivity contribution in [2.24, 2.45) is 0 Å². The molecule has 1 aromatic heterocycles. The van der Waals surface area contributed by atoms with E-state index >= 15 is 0 Å². The van der Waals surface area contributed by atoms with Crippen LogP contribution < -0.4 is 5.32 Å². The maximum Gasteiger partial charge on any atom is 0.225 e. The minimum Gasteiger partial charge on any atom is -0.324 e. The molecule has 3 heteroatoms. The maximum atomic E-state index is 12.4. The molecule has 2 aromatic carbocycles. The fourth-order valence-corrected chi connectivity index (χ4v) is 2.78. The SMILES string of the molecule is Cc1cccc(C(C)CC(=O)Nc2cccc3cccnc23)c1. The van der Waals surface area contributed by atoms with Gasteiger partial charge in [-0.1, -0.05) is 55.0 Å². The Morgan fingerprint density at radius 1 is 1.13 bits per heavy atom. The van der Waals surface area contributed by atoms with Gasteiger partial charge in [0, 0.05) is 18.0 Å². The van der Waals surface area contributed by atoms with Crippen molar-refractivity contribution in [1.29, 1.82) is 0 Å². The zero-order chi connectivity index (χ0) is 16.2. The number of carbonyl (C=O) groups is 1. The number of nitrogens with zero attached hydrogens (tertiary/aromatic N) is 1. The Hall–Kier alpha value is -2.68. The third kappa shape index (κ3) is 3.57. The van der Waals surface area contributed by atoms with E-state index in [1.807, 2.05) is 36.4 Å². The van der Waals surface area contributed by atoms with Crippen LogP contribution >= 0.6 is 0 Å². The largest absolute Gasteiger partial charge is 0.324 e. The summed E-state index contributed by atoms with van der Waals surface area (Å²) in [6.45, 7) is 4.15. The van der Waals surface area contributed by atoms with Crippen LogP contribution in [-0.2, 0) is 4.79 Å². The molecule has 0 saturated carbocycles. The predicted octanol–water partition coefficient (Wildman–Crippen LogP) is 4.68. The van der Waals surface area contributed by atoms with Crippen LogP contribution in [0.5, 0.6) is 0 Å². The van der Waals surface area contributed by atoms with Crippen LogP contribution in [-0.4, -0.2) is 10.9 Å². The molecule has 3 rings (SSSR count). The molecule has 1 heterocycles. The Bertz CT molecular complexity index is 836. The number of hydrogen-bond donors (Lipinski definition) is 1. The van der Waals surface area contributed by atoms with Crippen molar-refractivity contribution in [3.05, 3.63) is 71.9 Å². The average Bonchev–Trinajstić information content (AvgIpc) is 2.55. The first-order valence-electron chi connectivity index (χ1n) is 7.83. The summed E-state index contributed by atoms with van der Waals surface area (Å²) < 4.78 is 0. The summed E-state index contributed by atoms with van der Waals surface area (Å²) >= 11 is 0. The molecule has 0 aliphatic rings. The van der Waals surface area contributed by atoms with Crippen LogP contribution in [0.4, 0.5) is 5.69 Å². The Kier molecular flexibility index (Phi) is 4.38. The molecule has 1 amide bonds. The van der Waals surface area contributed by atoms with E-state index in [2.05, 4.69) is 42.3 Å². The molecular formula is C20H20N2O. The average molecular weight is 304 g/mol. The van der Waals surface area contributed by atoms with Gasteiger partial charge in [0.2, 0.25) is 5.91 Å². The second kappa shape index (κ2) is 6.61. The van der Waals surface area contributed by atoms with Crippen LogP contribution in [0.15, 0.2) is 60.8 Å². The molecule has 0 fully saturated rings. The third-order valence-electron chi connectivity index (χ3n) is 4.01. The van der Waals surface area contributed by atoms with Gasteiger partial charge >= 0.3 is 0 Å². The summed E-state index contributed by atoms with van der Waals surface area (Å²) in [4.78, 5) is 16.8. The van der Waals surface area contributed by atoms with Gasteiger partial charge in [-0.05, 0) is 30.5 Å². The number of pyridine rings is 1. The van der Waals surface area contributed by atoms with Gasteiger partial charge in [0.1, 0.15) is 0 Å². The zero-order valence-electron chi connectivity index (χ0n) is 13.4. The molecule has 0 aliphatic carbocycles. The van der Waals surface area contributed by atoms with Gasteiger partial charge in [-0.15, -0.1) is 0 Å². The Labute approximate surface area is 136 Å². The van der Waals surface area contributed by atoms with Crippen LogP contribution in [0.25, 0.3) is 10.9 Å². The summed E-state index contributed by atoms with van der Waals surface area (Å²) in [7, 11) is 0. The van der Waals surface area contributed by atoms with Gasteiger partial charge in [-0.3, -0.25) is 9.78 Å². The fourth-order valence-electron chi connectivity index (χ4n) is 2.78. The lowest BCUT2D eigenvalue weighted by Crippen LogP contribution is -2.14. The first-order valence-corrected chi connectivity index (χ1v) is 7.83. The third-order valence-corrected chi connectivity index (χ3v) is 4.01. The molecule has 0 aliphatic heterocycles. The zero-order valence-corrected chi connectivity index (χ0v) is 13.4. The molecule has 0 bridgehead atoms. The molecule has 3 aromatic rings.